The first kappa shape index (κ1) is 12.9. The van der Waals surface area contributed by atoms with Gasteiger partial charge in [0.15, 0.2) is 5.96 Å². The highest BCUT2D eigenvalue weighted by Gasteiger charge is 2.09. The van der Waals surface area contributed by atoms with Crippen molar-refractivity contribution in [3.63, 3.8) is 0 Å². The molecule has 0 aromatic carbocycles. The summed E-state index contributed by atoms with van der Waals surface area (Å²) < 4.78 is 0. The molecule has 0 amide bonds. The lowest BCUT2D eigenvalue weighted by Gasteiger charge is -2.04. The molecule has 2 aromatic rings. The number of hydrogen-bond donors (Lipinski definition) is 2. The van der Waals surface area contributed by atoms with Crippen LogP contribution in [0.3, 0.4) is 0 Å². The van der Waals surface area contributed by atoms with Crippen molar-refractivity contribution in [2.45, 2.75) is 6.54 Å². The summed E-state index contributed by atoms with van der Waals surface area (Å²) in [6.07, 6.45) is 0. The molecule has 0 bridgehead atoms. The molecule has 2 aromatic heterocycles. The number of aromatic nitrogens is 2. The molecule has 0 atom stereocenters. The van der Waals surface area contributed by atoms with Crippen molar-refractivity contribution >= 4 is 33.8 Å². The predicted molar refractivity (Wildman–Crippen MR) is 76.1 cm³/mol. The van der Waals surface area contributed by atoms with E-state index in [-0.39, 0.29) is 5.96 Å². The van der Waals surface area contributed by atoms with Crippen molar-refractivity contribution < 1.29 is 0 Å². The van der Waals surface area contributed by atoms with Gasteiger partial charge in [-0.2, -0.15) is 4.99 Å². The van der Waals surface area contributed by atoms with Crippen LogP contribution in [0.4, 0.5) is 5.13 Å². The number of nitrogens with zero attached hydrogens (tertiary/aromatic N) is 4. The summed E-state index contributed by atoms with van der Waals surface area (Å²) in [7, 11) is 4.03. The summed E-state index contributed by atoms with van der Waals surface area (Å²) in [6, 6.07) is 0. The van der Waals surface area contributed by atoms with Crippen LogP contribution in [0, 0.1) is 0 Å². The zero-order chi connectivity index (χ0) is 13.1. The molecule has 0 saturated heterocycles. The first-order chi connectivity index (χ1) is 8.54. The summed E-state index contributed by atoms with van der Waals surface area (Å²) >= 11 is 3.01. The summed E-state index contributed by atoms with van der Waals surface area (Å²) in [5.74, 6) is 0.0162. The normalized spacial score (nSPS) is 10.8. The second-order valence-electron chi connectivity index (χ2n) is 3.92. The highest BCUT2D eigenvalue weighted by atomic mass is 32.1. The third-order valence-electron chi connectivity index (χ3n) is 1.98. The number of guanidine groups is 1. The van der Waals surface area contributed by atoms with Gasteiger partial charge in [-0.25, -0.2) is 9.97 Å². The highest BCUT2D eigenvalue weighted by Crippen LogP contribution is 2.27. The van der Waals surface area contributed by atoms with Gasteiger partial charge >= 0.3 is 0 Å². The Morgan fingerprint density at radius 1 is 1.22 bits per heavy atom. The van der Waals surface area contributed by atoms with E-state index < -0.39 is 0 Å². The van der Waals surface area contributed by atoms with Gasteiger partial charge in [0, 0.05) is 17.3 Å². The SMILES string of the molecule is CN(C)Cc1nc(-c2csc(N=C(N)N)n2)cs1. The Morgan fingerprint density at radius 2 is 1.89 bits per heavy atom. The average molecular weight is 282 g/mol. The van der Waals surface area contributed by atoms with Crippen molar-refractivity contribution in [3.05, 3.63) is 15.8 Å². The summed E-state index contributed by atoms with van der Waals surface area (Å²) in [4.78, 5) is 14.8. The van der Waals surface area contributed by atoms with Gasteiger partial charge in [0.1, 0.15) is 16.4 Å². The maximum atomic E-state index is 5.31. The van der Waals surface area contributed by atoms with E-state index in [9.17, 15) is 0 Å². The summed E-state index contributed by atoms with van der Waals surface area (Å²) in [6.45, 7) is 0.829. The van der Waals surface area contributed by atoms with Crippen LogP contribution in [0.15, 0.2) is 15.8 Å². The van der Waals surface area contributed by atoms with Gasteiger partial charge in [-0.1, -0.05) is 0 Å². The van der Waals surface area contributed by atoms with E-state index in [4.69, 9.17) is 11.5 Å². The molecule has 4 N–H and O–H groups in total. The zero-order valence-corrected chi connectivity index (χ0v) is 11.8. The number of rotatable bonds is 4. The predicted octanol–water partition coefficient (Wildman–Crippen LogP) is 1.23. The summed E-state index contributed by atoms with van der Waals surface area (Å²) in [5.41, 5.74) is 12.3. The number of aliphatic imine (C=N–C) groups is 1. The van der Waals surface area contributed by atoms with E-state index in [2.05, 4.69) is 19.9 Å². The van der Waals surface area contributed by atoms with Gasteiger partial charge in [-0.15, -0.1) is 22.7 Å². The number of thiazole rings is 2. The Kier molecular flexibility index (Phi) is 3.90. The molecular weight excluding hydrogens is 268 g/mol. The van der Waals surface area contributed by atoms with Crippen molar-refractivity contribution in [2.75, 3.05) is 14.1 Å². The number of hydrogen-bond acceptors (Lipinski definition) is 6. The van der Waals surface area contributed by atoms with Crippen LogP contribution in [0.2, 0.25) is 0 Å². The molecule has 0 radical (unpaired) electrons. The molecule has 0 aliphatic rings. The van der Waals surface area contributed by atoms with Gasteiger partial charge in [-0.3, -0.25) is 0 Å². The van der Waals surface area contributed by atoms with Gasteiger partial charge < -0.3 is 16.4 Å². The van der Waals surface area contributed by atoms with Crippen LogP contribution in [0.1, 0.15) is 5.01 Å². The quantitative estimate of drug-likeness (QED) is 0.650. The molecule has 6 nitrogen and oxygen atoms in total. The fourth-order valence-corrected chi connectivity index (χ4v) is 2.92. The highest BCUT2D eigenvalue weighted by molar-refractivity contribution is 7.13. The van der Waals surface area contributed by atoms with E-state index in [1.807, 2.05) is 24.9 Å². The molecule has 18 heavy (non-hydrogen) atoms. The maximum absolute atomic E-state index is 5.31. The standard InChI is InChI=1S/C10H14N6S2/c1-16(2)3-8-13-6(4-17-8)7-5-18-10(14-7)15-9(11)12/h4-5H,3H2,1-2H3,(H4,11,12,14,15). The molecular formula is C10H14N6S2. The number of nitrogens with two attached hydrogens (primary N) is 2. The van der Waals surface area contributed by atoms with Crippen LogP contribution < -0.4 is 11.5 Å². The Labute approximate surface area is 113 Å². The van der Waals surface area contributed by atoms with E-state index >= 15 is 0 Å². The zero-order valence-electron chi connectivity index (χ0n) is 10.1. The van der Waals surface area contributed by atoms with Crippen LogP contribution in [0.25, 0.3) is 11.4 Å². The monoisotopic (exact) mass is 282 g/mol. The van der Waals surface area contributed by atoms with E-state index in [1.54, 1.807) is 11.3 Å². The van der Waals surface area contributed by atoms with E-state index in [0.29, 0.717) is 5.13 Å². The minimum Gasteiger partial charge on any atom is -0.370 e. The Bertz CT molecular complexity index is 552. The van der Waals surface area contributed by atoms with Gasteiger partial charge in [0.05, 0.1) is 0 Å². The van der Waals surface area contributed by atoms with Crippen LogP contribution in [-0.4, -0.2) is 34.9 Å². The lowest BCUT2D eigenvalue weighted by Crippen LogP contribution is -2.21. The topological polar surface area (TPSA) is 93.4 Å². The fourth-order valence-electron chi connectivity index (χ4n) is 1.32. The van der Waals surface area contributed by atoms with E-state index in [0.717, 1.165) is 22.9 Å². The molecule has 0 aliphatic carbocycles. The Balaban J connectivity index is 2.18. The Morgan fingerprint density at radius 3 is 2.56 bits per heavy atom. The minimum absolute atomic E-state index is 0.0162. The first-order valence-electron chi connectivity index (χ1n) is 5.19. The van der Waals surface area contributed by atoms with Crippen molar-refractivity contribution in [1.82, 2.24) is 14.9 Å². The molecule has 2 rings (SSSR count). The van der Waals surface area contributed by atoms with Gasteiger partial charge in [0.25, 0.3) is 0 Å². The molecule has 0 saturated carbocycles. The van der Waals surface area contributed by atoms with E-state index in [1.165, 1.54) is 11.3 Å². The summed E-state index contributed by atoms with van der Waals surface area (Å²) in [5, 5.41) is 5.50. The first-order valence-corrected chi connectivity index (χ1v) is 6.95. The molecule has 2 heterocycles. The fraction of sp³-hybridized carbons (Fsp3) is 0.300. The van der Waals surface area contributed by atoms with Crippen molar-refractivity contribution in [2.24, 2.45) is 16.5 Å². The Hall–Kier alpha value is -1.51. The smallest absolute Gasteiger partial charge is 0.212 e. The maximum Gasteiger partial charge on any atom is 0.212 e. The molecule has 0 spiro atoms. The second-order valence-corrected chi connectivity index (χ2v) is 5.70. The van der Waals surface area contributed by atoms with Crippen LogP contribution in [0.5, 0.6) is 0 Å². The molecule has 0 fully saturated rings. The van der Waals surface area contributed by atoms with Crippen LogP contribution >= 0.6 is 22.7 Å². The van der Waals surface area contributed by atoms with Gasteiger partial charge in [-0.05, 0) is 14.1 Å². The molecule has 0 unspecified atom stereocenters. The lowest BCUT2D eigenvalue weighted by atomic mass is 10.4. The van der Waals surface area contributed by atoms with Crippen molar-refractivity contribution in [3.8, 4) is 11.4 Å². The average Bonchev–Trinajstić information content (AvgIpc) is 2.85. The largest absolute Gasteiger partial charge is 0.370 e. The minimum atomic E-state index is 0.0162. The molecule has 96 valence electrons. The third-order valence-corrected chi connectivity index (χ3v) is 3.55. The van der Waals surface area contributed by atoms with Crippen molar-refractivity contribution in [1.29, 1.82) is 0 Å². The second kappa shape index (κ2) is 5.42. The van der Waals surface area contributed by atoms with Crippen LogP contribution in [-0.2, 0) is 6.54 Å². The molecule has 8 heteroatoms. The molecule has 0 aliphatic heterocycles. The lowest BCUT2D eigenvalue weighted by molar-refractivity contribution is 0.402. The third kappa shape index (κ3) is 3.25. The van der Waals surface area contributed by atoms with Gasteiger partial charge in [0.2, 0.25) is 5.13 Å².